The molecular formula is C14H17BrN4O. The SMILES string of the molecule is CN(c1cccc(Br)c1)c1cc(NCCCO)ncn1. The molecule has 0 fully saturated rings. The van der Waals surface area contributed by atoms with Crippen molar-refractivity contribution in [3.63, 3.8) is 0 Å². The van der Waals surface area contributed by atoms with Crippen LogP contribution in [0.1, 0.15) is 6.42 Å². The average Bonchev–Trinajstić information content (AvgIpc) is 2.47. The maximum absolute atomic E-state index is 8.78. The highest BCUT2D eigenvalue weighted by atomic mass is 79.9. The van der Waals surface area contributed by atoms with Gasteiger partial charge in [0, 0.05) is 36.4 Å². The second-order valence-electron chi connectivity index (χ2n) is 4.30. The van der Waals surface area contributed by atoms with Gasteiger partial charge in [-0.25, -0.2) is 9.97 Å². The summed E-state index contributed by atoms with van der Waals surface area (Å²) in [5.41, 5.74) is 1.04. The fourth-order valence-corrected chi connectivity index (χ4v) is 2.13. The Morgan fingerprint density at radius 3 is 2.90 bits per heavy atom. The lowest BCUT2D eigenvalue weighted by Crippen LogP contribution is -2.12. The molecule has 0 bridgehead atoms. The van der Waals surface area contributed by atoms with Crippen LogP contribution in [0.3, 0.4) is 0 Å². The van der Waals surface area contributed by atoms with Gasteiger partial charge in [-0.15, -0.1) is 0 Å². The minimum atomic E-state index is 0.170. The van der Waals surface area contributed by atoms with Crippen molar-refractivity contribution in [2.24, 2.45) is 0 Å². The fourth-order valence-electron chi connectivity index (χ4n) is 1.74. The molecule has 1 heterocycles. The smallest absolute Gasteiger partial charge is 0.138 e. The van der Waals surface area contributed by atoms with Gasteiger partial charge in [0.15, 0.2) is 0 Å². The van der Waals surface area contributed by atoms with E-state index < -0.39 is 0 Å². The quantitative estimate of drug-likeness (QED) is 0.794. The van der Waals surface area contributed by atoms with Gasteiger partial charge in [-0.1, -0.05) is 22.0 Å². The summed E-state index contributed by atoms with van der Waals surface area (Å²) < 4.78 is 1.03. The first-order chi connectivity index (χ1) is 9.70. The molecule has 2 N–H and O–H groups in total. The van der Waals surface area contributed by atoms with Gasteiger partial charge in [-0.3, -0.25) is 0 Å². The summed E-state index contributed by atoms with van der Waals surface area (Å²) in [4.78, 5) is 10.4. The summed E-state index contributed by atoms with van der Waals surface area (Å²) in [5, 5.41) is 11.9. The van der Waals surface area contributed by atoms with Crippen LogP contribution in [0.15, 0.2) is 41.1 Å². The lowest BCUT2D eigenvalue weighted by Gasteiger charge is -2.19. The number of halogens is 1. The molecule has 0 aliphatic carbocycles. The summed E-state index contributed by atoms with van der Waals surface area (Å²) >= 11 is 3.46. The normalized spacial score (nSPS) is 10.3. The number of rotatable bonds is 6. The van der Waals surface area contributed by atoms with Crippen LogP contribution in [0.2, 0.25) is 0 Å². The number of nitrogens with one attached hydrogen (secondary N) is 1. The molecule has 0 unspecified atom stereocenters. The van der Waals surface area contributed by atoms with E-state index in [9.17, 15) is 0 Å². The van der Waals surface area contributed by atoms with Gasteiger partial charge in [0.05, 0.1) is 0 Å². The number of hydrogen-bond donors (Lipinski definition) is 2. The zero-order valence-corrected chi connectivity index (χ0v) is 12.8. The number of aliphatic hydroxyl groups is 1. The van der Waals surface area contributed by atoms with E-state index in [1.54, 1.807) is 0 Å². The molecule has 0 spiro atoms. The fraction of sp³-hybridized carbons (Fsp3) is 0.286. The molecule has 6 heteroatoms. The molecular weight excluding hydrogens is 320 g/mol. The Kier molecular flexibility index (Phi) is 5.31. The van der Waals surface area contributed by atoms with Crippen LogP contribution in [0.5, 0.6) is 0 Å². The number of hydrogen-bond acceptors (Lipinski definition) is 5. The standard InChI is InChI=1S/C14H17BrN4O/c1-19(12-5-2-4-11(15)8-12)14-9-13(17-10-18-14)16-6-3-7-20/h2,4-5,8-10,20H,3,6-7H2,1H3,(H,16,17,18). The zero-order valence-electron chi connectivity index (χ0n) is 11.3. The molecule has 20 heavy (non-hydrogen) atoms. The third-order valence-electron chi connectivity index (χ3n) is 2.83. The summed E-state index contributed by atoms with van der Waals surface area (Å²) in [7, 11) is 1.96. The van der Waals surface area contributed by atoms with Crippen molar-refractivity contribution in [3.05, 3.63) is 41.1 Å². The minimum Gasteiger partial charge on any atom is -0.396 e. The second kappa shape index (κ2) is 7.21. The molecule has 2 rings (SSSR count). The van der Waals surface area contributed by atoms with Gasteiger partial charge in [0.25, 0.3) is 0 Å². The number of anilines is 3. The first-order valence-corrected chi connectivity index (χ1v) is 7.16. The first kappa shape index (κ1) is 14.7. The van der Waals surface area contributed by atoms with Crippen molar-refractivity contribution in [3.8, 4) is 0 Å². The van der Waals surface area contributed by atoms with Crippen LogP contribution in [-0.2, 0) is 0 Å². The molecule has 1 aromatic heterocycles. The van der Waals surface area contributed by atoms with E-state index in [0.717, 1.165) is 21.8 Å². The number of aliphatic hydroxyl groups excluding tert-OH is 1. The molecule has 0 aliphatic heterocycles. The molecule has 0 amide bonds. The lowest BCUT2D eigenvalue weighted by atomic mass is 10.3. The van der Waals surface area contributed by atoms with Crippen LogP contribution in [0.25, 0.3) is 0 Å². The van der Waals surface area contributed by atoms with Crippen molar-refractivity contribution in [1.29, 1.82) is 0 Å². The monoisotopic (exact) mass is 336 g/mol. The van der Waals surface area contributed by atoms with E-state index in [2.05, 4.69) is 31.2 Å². The van der Waals surface area contributed by atoms with Crippen LogP contribution in [0, 0.1) is 0 Å². The van der Waals surface area contributed by atoms with E-state index in [1.807, 2.05) is 42.3 Å². The highest BCUT2D eigenvalue weighted by Crippen LogP contribution is 2.25. The largest absolute Gasteiger partial charge is 0.396 e. The molecule has 0 radical (unpaired) electrons. The van der Waals surface area contributed by atoms with Gasteiger partial charge in [-0.2, -0.15) is 0 Å². The van der Waals surface area contributed by atoms with Gasteiger partial charge < -0.3 is 15.3 Å². The highest BCUT2D eigenvalue weighted by Gasteiger charge is 2.07. The third kappa shape index (κ3) is 3.91. The summed E-state index contributed by atoms with van der Waals surface area (Å²) in [6.45, 7) is 0.858. The average molecular weight is 337 g/mol. The van der Waals surface area contributed by atoms with Crippen LogP contribution in [-0.4, -0.2) is 35.3 Å². The molecule has 0 saturated carbocycles. The lowest BCUT2D eigenvalue weighted by molar-refractivity contribution is 0.292. The van der Waals surface area contributed by atoms with Crippen LogP contribution < -0.4 is 10.2 Å². The summed E-state index contributed by atoms with van der Waals surface area (Å²) in [6.07, 6.45) is 2.23. The molecule has 2 aromatic rings. The zero-order chi connectivity index (χ0) is 14.4. The molecule has 5 nitrogen and oxygen atoms in total. The molecule has 0 aliphatic rings. The van der Waals surface area contributed by atoms with Crippen LogP contribution >= 0.6 is 15.9 Å². The van der Waals surface area contributed by atoms with Gasteiger partial charge in [0.2, 0.25) is 0 Å². The Balaban J connectivity index is 2.13. The van der Waals surface area contributed by atoms with Crippen molar-refractivity contribution < 1.29 is 5.11 Å². The number of aromatic nitrogens is 2. The van der Waals surface area contributed by atoms with E-state index in [-0.39, 0.29) is 6.61 Å². The Labute approximate surface area is 126 Å². The predicted molar refractivity (Wildman–Crippen MR) is 84.4 cm³/mol. The highest BCUT2D eigenvalue weighted by molar-refractivity contribution is 9.10. The second-order valence-corrected chi connectivity index (χ2v) is 5.22. The van der Waals surface area contributed by atoms with E-state index in [0.29, 0.717) is 13.0 Å². The van der Waals surface area contributed by atoms with Gasteiger partial charge in [-0.05, 0) is 24.6 Å². The summed E-state index contributed by atoms with van der Waals surface area (Å²) in [6, 6.07) is 9.90. The van der Waals surface area contributed by atoms with E-state index in [4.69, 9.17) is 5.11 Å². The summed E-state index contributed by atoms with van der Waals surface area (Å²) in [5.74, 6) is 1.56. The molecule has 0 saturated heterocycles. The van der Waals surface area contributed by atoms with Crippen molar-refractivity contribution >= 4 is 33.3 Å². The Hall–Kier alpha value is -1.66. The van der Waals surface area contributed by atoms with Gasteiger partial charge >= 0.3 is 0 Å². The van der Waals surface area contributed by atoms with Crippen LogP contribution in [0.4, 0.5) is 17.3 Å². The van der Waals surface area contributed by atoms with E-state index in [1.165, 1.54) is 6.33 Å². The van der Waals surface area contributed by atoms with Gasteiger partial charge in [0.1, 0.15) is 18.0 Å². The molecule has 0 atom stereocenters. The Bertz CT molecular complexity index is 564. The Morgan fingerprint density at radius 1 is 1.30 bits per heavy atom. The number of benzene rings is 1. The maximum atomic E-state index is 8.78. The minimum absolute atomic E-state index is 0.170. The third-order valence-corrected chi connectivity index (χ3v) is 3.33. The first-order valence-electron chi connectivity index (χ1n) is 6.37. The Morgan fingerprint density at radius 2 is 2.15 bits per heavy atom. The predicted octanol–water partition coefficient (Wildman–Crippen LogP) is 2.80. The van der Waals surface area contributed by atoms with E-state index >= 15 is 0 Å². The molecule has 1 aromatic carbocycles. The van der Waals surface area contributed by atoms with Crippen molar-refractivity contribution in [2.45, 2.75) is 6.42 Å². The topological polar surface area (TPSA) is 61.3 Å². The van der Waals surface area contributed by atoms with Crippen molar-refractivity contribution in [2.75, 3.05) is 30.4 Å². The molecule has 106 valence electrons. The number of nitrogens with zero attached hydrogens (tertiary/aromatic N) is 3. The maximum Gasteiger partial charge on any atom is 0.138 e. The van der Waals surface area contributed by atoms with Crippen molar-refractivity contribution in [1.82, 2.24) is 9.97 Å².